The first-order valence-electron chi connectivity index (χ1n) is 8.69. The van der Waals surface area contributed by atoms with Crippen LogP contribution in [-0.4, -0.2) is 37.4 Å². The second-order valence-electron chi connectivity index (χ2n) is 6.37. The molecule has 2 aliphatic rings. The molecule has 1 aliphatic carbocycles. The number of rotatable bonds is 5. The molecule has 2 fully saturated rings. The molecule has 1 aliphatic heterocycles. The van der Waals surface area contributed by atoms with Crippen LogP contribution < -0.4 is 0 Å². The Balaban J connectivity index is 2.45. The summed E-state index contributed by atoms with van der Waals surface area (Å²) in [6.07, 6.45) is 4.36. The van der Waals surface area contributed by atoms with Crippen LogP contribution in [0.1, 0.15) is 52.9 Å². The molecule has 2 atom stereocenters. The average Bonchev–Trinajstić information content (AvgIpc) is 2.81. The highest BCUT2D eigenvalue weighted by atomic mass is 16.6. The van der Waals surface area contributed by atoms with Crippen molar-refractivity contribution >= 4 is 11.9 Å². The first kappa shape index (κ1) is 18.0. The first-order valence-corrected chi connectivity index (χ1v) is 8.69. The van der Waals surface area contributed by atoms with Crippen molar-refractivity contribution in [2.45, 2.75) is 65.1 Å². The predicted octanol–water partition coefficient (Wildman–Crippen LogP) is 3.02. The molecule has 130 valence electrons. The van der Waals surface area contributed by atoms with E-state index >= 15 is 0 Å². The average molecular weight is 324 g/mol. The van der Waals surface area contributed by atoms with Gasteiger partial charge in [-0.3, -0.25) is 9.59 Å². The van der Waals surface area contributed by atoms with Crippen LogP contribution in [0.3, 0.4) is 0 Å². The number of hydrogen-bond acceptors (Lipinski definition) is 5. The van der Waals surface area contributed by atoms with Crippen molar-refractivity contribution in [3.05, 3.63) is 12.2 Å². The Labute approximate surface area is 138 Å². The van der Waals surface area contributed by atoms with Crippen LogP contribution in [-0.2, 0) is 23.8 Å². The van der Waals surface area contributed by atoms with Gasteiger partial charge in [0.15, 0.2) is 0 Å². The summed E-state index contributed by atoms with van der Waals surface area (Å²) in [5.41, 5.74) is -1.06. The maximum atomic E-state index is 12.8. The quantitative estimate of drug-likeness (QED) is 0.442. The van der Waals surface area contributed by atoms with E-state index in [-0.39, 0.29) is 25.2 Å². The standard InChI is InChI=1S/C18H28O5/c1-5-21-16(19)18(17(20)22-6-2)12(3)13(4)23-15(18)14-10-8-7-9-11-14/h13-15H,3,5-11H2,1-2,4H3. The van der Waals surface area contributed by atoms with Crippen LogP contribution in [0.2, 0.25) is 0 Å². The molecule has 2 rings (SSSR count). The fraction of sp³-hybridized carbons (Fsp3) is 0.778. The summed E-state index contributed by atoms with van der Waals surface area (Å²) in [5.74, 6) is -1.01. The van der Waals surface area contributed by atoms with Gasteiger partial charge in [-0.15, -0.1) is 0 Å². The van der Waals surface area contributed by atoms with Gasteiger partial charge in [0.2, 0.25) is 5.41 Å². The summed E-state index contributed by atoms with van der Waals surface area (Å²) >= 11 is 0. The fourth-order valence-corrected chi connectivity index (χ4v) is 3.88. The molecule has 0 aromatic carbocycles. The molecule has 23 heavy (non-hydrogen) atoms. The van der Waals surface area contributed by atoms with Gasteiger partial charge in [-0.1, -0.05) is 25.8 Å². The van der Waals surface area contributed by atoms with Gasteiger partial charge >= 0.3 is 11.9 Å². The molecule has 0 aromatic heterocycles. The van der Waals surface area contributed by atoms with Crippen molar-refractivity contribution in [3.63, 3.8) is 0 Å². The number of carbonyl (C=O) groups is 2. The minimum atomic E-state index is -1.52. The van der Waals surface area contributed by atoms with Crippen molar-refractivity contribution < 1.29 is 23.8 Å². The highest BCUT2D eigenvalue weighted by Crippen LogP contribution is 2.50. The van der Waals surface area contributed by atoms with Crippen molar-refractivity contribution in [2.75, 3.05) is 13.2 Å². The van der Waals surface area contributed by atoms with E-state index in [2.05, 4.69) is 6.58 Å². The van der Waals surface area contributed by atoms with Crippen molar-refractivity contribution in [3.8, 4) is 0 Å². The Morgan fingerprint density at radius 3 is 2.13 bits per heavy atom. The van der Waals surface area contributed by atoms with Gasteiger partial charge < -0.3 is 14.2 Å². The Morgan fingerprint density at radius 2 is 1.65 bits per heavy atom. The maximum Gasteiger partial charge on any atom is 0.330 e. The minimum absolute atomic E-state index is 0.152. The molecule has 5 heteroatoms. The van der Waals surface area contributed by atoms with E-state index in [9.17, 15) is 9.59 Å². The van der Waals surface area contributed by atoms with Crippen LogP contribution in [0, 0.1) is 11.3 Å². The molecular weight excluding hydrogens is 296 g/mol. The summed E-state index contributed by atoms with van der Waals surface area (Å²) < 4.78 is 16.6. The van der Waals surface area contributed by atoms with Crippen molar-refractivity contribution in [1.29, 1.82) is 0 Å². The second kappa shape index (κ2) is 7.47. The first-order chi connectivity index (χ1) is 11.0. The molecule has 5 nitrogen and oxygen atoms in total. The Hall–Kier alpha value is -1.36. The molecular formula is C18H28O5. The lowest BCUT2D eigenvalue weighted by molar-refractivity contribution is -0.177. The zero-order chi connectivity index (χ0) is 17.0. The monoisotopic (exact) mass is 324 g/mol. The summed E-state index contributed by atoms with van der Waals surface area (Å²) in [7, 11) is 0. The van der Waals surface area contributed by atoms with Gasteiger partial charge in [0.25, 0.3) is 0 Å². The van der Waals surface area contributed by atoms with Gasteiger partial charge in [0.05, 0.1) is 25.4 Å². The highest BCUT2D eigenvalue weighted by Gasteiger charge is 2.65. The molecule has 0 spiro atoms. The summed E-state index contributed by atoms with van der Waals surface area (Å²) in [4.78, 5) is 25.7. The van der Waals surface area contributed by atoms with E-state index in [1.165, 1.54) is 6.42 Å². The molecule has 0 N–H and O–H groups in total. The van der Waals surface area contributed by atoms with Crippen LogP contribution in [0.4, 0.5) is 0 Å². The predicted molar refractivity (Wildman–Crippen MR) is 85.7 cm³/mol. The molecule has 0 radical (unpaired) electrons. The Kier molecular flexibility index (Phi) is 5.84. The van der Waals surface area contributed by atoms with Crippen LogP contribution in [0.5, 0.6) is 0 Å². The minimum Gasteiger partial charge on any atom is -0.465 e. The van der Waals surface area contributed by atoms with E-state index in [0.717, 1.165) is 25.7 Å². The van der Waals surface area contributed by atoms with Gasteiger partial charge in [-0.05, 0) is 45.1 Å². The van der Waals surface area contributed by atoms with Gasteiger partial charge in [-0.25, -0.2) is 0 Å². The summed E-state index contributed by atoms with van der Waals surface area (Å²) in [6, 6.07) is 0. The summed E-state index contributed by atoms with van der Waals surface area (Å²) in [6.45, 7) is 9.72. The third kappa shape index (κ3) is 3.03. The largest absolute Gasteiger partial charge is 0.465 e. The third-order valence-corrected chi connectivity index (χ3v) is 5.05. The van der Waals surface area contributed by atoms with Gasteiger partial charge in [0, 0.05) is 0 Å². The highest BCUT2D eigenvalue weighted by molar-refractivity contribution is 6.05. The number of hydrogen-bond donors (Lipinski definition) is 0. The molecule has 0 bridgehead atoms. The van der Waals surface area contributed by atoms with E-state index in [4.69, 9.17) is 14.2 Å². The lowest BCUT2D eigenvalue weighted by Crippen LogP contribution is -2.52. The zero-order valence-corrected chi connectivity index (χ0v) is 14.4. The second-order valence-corrected chi connectivity index (χ2v) is 6.37. The van der Waals surface area contributed by atoms with Gasteiger partial charge in [-0.2, -0.15) is 0 Å². The lowest BCUT2D eigenvalue weighted by Gasteiger charge is -2.36. The van der Waals surface area contributed by atoms with E-state index in [1.807, 2.05) is 6.92 Å². The smallest absolute Gasteiger partial charge is 0.330 e. The Bertz CT molecular complexity index is 446. The fourth-order valence-electron chi connectivity index (χ4n) is 3.88. The third-order valence-electron chi connectivity index (χ3n) is 5.05. The normalized spacial score (nSPS) is 27.7. The molecule has 0 amide bonds. The number of carbonyl (C=O) groups excluding carboxylic acids is 2. The van der Waals surface area contributed by atoms with Crippen molar-refractivity contribution in [2.24, 2.45) is 11.3 Å². The molecule has 2 unspecified atom stereocenters. The van der Waals surface area contributed by atoms with E-state index in [1.54, 1.807) is 13.8 Å². The SMILES string of the molecule is C=C1C(C)OC(C2CCCCC2)C1(C(=O)OCC)C(=O)OCC. The number of ether oxygens (including phenoxy) is 3. The molecule has 1 saturated heterocycles. The molecule has 1 saturated carbocycles. The topological polar surface area (TPSA) is 61.8 Å². The van der Waals surface area contributed by atoms with Crippen molar-refractivity contribution in [1.82, 2.24) is 0 Å². The van der Waals surface area contributed by atoms with Crippen LogP contribution >= 0.6 is 0 Å². The zero-order valence-electron chi connectivity index (χ0n) is 14.4. The maximum absolute atomic E-state index is 12.8. The Morgan fingerprint density at radius 1 is 1.13 bits per heavy atom. The van der Waals surface area contributed by atoms with E-state index < -0.39 is 23.5 Å². The lowest BCUT2D eigenvalue weighted by atomic mass is 9.69. The summed E-state index contributed by atoms with van der Waals surface area (Å²) in [5, 5.41) is 0. The number of esters is 2. The molecule has 0 aromatic rings. The van der Waals surface area contributed by atoms with Crippen LogP contribution in [0.25, 0.3) is 0 Å². The van der Waals surface area contributed by atoms with E-state index in [0.29, 0.717) is 5.57 Å². The van der Waals surface area contributed by atoms with Gasteiger partial charge in [0.1, 0.15) is 0 Å². The molecule has 1 heterocycles. The van der Waals surface area contributed by atoms with Crippen LogP contribution in [0.15, 0.2) is 12.2 Å².